The Labute approximate surface area is 614 Å². The van der Waals surface area contributed by atoms with Gasteiger partial charge in [0.05, 0.1) is 46.8 Å². The molecule has 0 aliphatic heterocycles. The van der Waals surface area contributed by atoms with E-state index >= 15 is 0 Å². The fourth-order valence-electron chi connectivity index (χ4n) is 9.73. The first-order chi connectivity index (χ1) is 49.0. The molecular formula is C72H125N4O22P5. The molecule has 0 spiro atoms. The van der Waals surface area contributed by atoms with Crippen LogP contribution in [0.15, 0.2) is 134 Å². The number of hydrogen-bond donors (Lipinski definition) is 8. The second kappa shape index (κ2) is 58.6. The maximum absolute atomic E-state index is 13.1. The number of quaternary nitrogens is 1. The molecular weight excluding hydrogens is 1430 g/mol. The predicted molar refractivity (Wildman–Crippen MR) is 403 cm³/mol. The zero-order valence-corrected chi connectivity index (χ0v) is 66.3. The van der Waals surface area contributed by atoms with E-state index in [0.29, 0.717) is 48.2 Å². The molecule has 0 saturated heterocycles. The Morgan fingerprint density at radius 1 is 0.563 bits per heavy atom. The minimum atomic E-state index is -4.85. The number of carbonyl (C=O) groups is 1. The minimum Gasteiger partial charge on any atom is -0.756 e. The number of allylic oxidation sites excluding steroid dienone is 2. The van der Waals surface area contributed by atoms with Crippen molar-refractivity contribution >= 4 is 44.2 Å². The normalized spacial score (nSPS) is 13.3. The number of aromatic nitrogens is 2. The molecule has 0 bridgehead atoms. The van der Waals surface area contributed by atoms with E-state index in [-0.39, 0.29) is 25.8 Å². The van der Waals surface area contributed by atoms with Crippen LogP contribution in [0, 0.1) is 0 Å². The van der Waals surface area contributed by atoms with Gasteiger partial charge in [-0.05, 0) is 68.5 Å². The Morgan fingerprint density at radius 3 is 1.36 bits per heavy atom. The van der Waals surface area contributed by atoms with Crippen molar-refractivity contribution in [2.45, 2.75) is 243 Å². The van der Waals surface area contributed by atoms with Crippen LogP contribution in [0.3, 0.4) is 0 Å². The monoisotopic (exact) mass is 1550 g/mol. The number of carboxylic acid groups (broad SMARTS) is 1. The molecule has 0 saturated carbocycles. The van der Waals surface area contributed by atoms with Crippen LogP contribution in [-0.2, 0) is 62.8 Å². The van der Waals surface area contributed by atoms with Gasteiger partial charge in [0.2, 0.25) is 0 Å². The largest absolute Gasteiger partial charge is 0.756 e. The lowest BCUT2D eigenvalue weighted by Crippen LogP contribution is -3.05. The number of imidazole rings is 1. The third-order valence-corrected chi connectivity index (χ3v) is 22.6. The maximum Gasteiger partial charge on any atom is 0.647 e. The van der Waals surface area contributed by atoms with E-state index in [1.165, 1.54) is 144 Å². The molecule has 0 radical (unpaired) electrons. The second-order valence-corrected chi connectivity index (χ2v) is 35.3. The summed E-state index contributed by atoms with van der Waals surface area (Å²) in [5.41, 5.74) is 5.09. The van der Waals surface area contributed by atoms with Crippen LogP contribution in [0.5, 0.6) is 17.2 Å². The Balaban J connectivity index is 0.000000862. The molecule has 26 nitrogen and oxygen atoms in total. The Bertz CT molecular complexity index is 2870. The van der Waals surface area contributed by atoms with Gasteiger partial charge < -0.3 is 82.1 Å². The highest BCUT2D eigenvalue weighted by Gasteiger charge is 2.43. The van der Waals surface area contributed by atoms with Gasteiger partial charge in [-0.1, -0.05) is 236 Å². The number of phosphoric acid groups is 2. The summed E-state index contributed by atoms with van der Waals surface area (Å²) in [6.45, 7) is 14.6. The van der Waals surface area contributed by atoms with Crippen LogP contribution in [0.4, 0.5) is 0 Å². The standard InChI is InChI=1S/C44H88NO8P.C18H15O4P.C5H10N2O6P2.C5H12NO4P/c1-7-9-11-13-15-16-17-18-19-20-21-23-27-31-36-43(4)52-53-44(41-50-54(46,47)49-40-34-38-45(5)6)37-32-28-25-22-24-26-30-35-42(3)51-48-39-33-29-14-12-10-8-2;19-23(20-16-10-4-1-5-11-16,21-17-12-6-2-7-13-17)22-18-14-8-3-9-15-18;8-14(9,10)5(15(11,12)13)3-7-2-1-6-4-7;1-11(9,10)3-2-4(6)5(7)8/h44H,3-4,7-41H2,1-2,5-6H3,(H,46,47);1-15H;1-2,4-5H,3H2,(H2,8,9,10)(H2,11,12,13);4H,2-3,6H2,1H3,(H,7,8)(H,9,10). The van der Waals surface area contributed by atoms with Gasteiger partial charge in [-0.2, -0.15) is 14.3 Å². The summed E-state index contributed by atoms with van der Waals surface area (Å²) in [6.07, 6.45) is 39.5. The first-order valence-electron chi connectivity index (χ1n) is 36.5. The molecule has 4 aromatic rings. The third kappa shape index (κ3) is 57.4. The molecule has 0 aliphatic carbocycles. The molecule has 590 valence electrons. The second-order valence-electron chi connectivity index (χ2n) is 25.9. The molecule has 9 N–H and O–H groups in total. The molecule has 4 rings (SSSR count). The quantitative estimate of drug-likeness (QED) is 0.00669. The summed E-state index contributed by atoms with van der Waals surface area (Å²) in [4.78, 5) is 93.2. The summed E-state index contributed by atoms with van der Waals surface area (Å²) in [6, 6.07) is 25.3. The van der Waals surface area contributed by atoms with Gasteiger partial charge in [0.1, 0.15) is 40.9 Å². The molecule has 0 amide bonds. The summed E-state index contributed by atoms with van der Waals surface area (Å²) in [5, 5.41) is 6.25. The SMILES string of the molecule is C=C(CCCCCCCCCC(COP(=O)([O-])OCCC[NH+](C)C)OOC(=C)CCCCCCCCCCCCCCCC)OOCCCCCCCC.CP(=O)(O)CCC(N)C(=O)O.O=P(O)(O)C(Cn1ccnc1)P(=O)(O)O.O=P(Oc1ccccc1)(Oc1ccccc1)Oc1ccccc1. The highest BCUT2D eigenvalue weighted by molar-refractivity contribution is 7.70. The van der Waals surface area contributed by atoms with Crippen LogP contribution >= 0.6 is 38.2 Å². The number of nitrogens with zero attached hydrogens (tertiary/aromatic N) is 2. The average Bonchev–Trinajstić information content (AvgIpc) is 1.66. The summed E-state index contributed by atoms with van der Waals surface area (Å²) in [5.74, 6) is 1.36. The van der Waals surface area contributed by atoms with Crippen molar-refractivity contribution in [1.82, 2.24) is 9.55 Å². The Hall–Kier alpha value is -4.51. The zero-order valence-electron chi connectivity index (χ0n) is 61.8. The summed E-state index contributed by atoms with van der Waals surface area (Å²) < 4.78 is 85.9. The van der Waals surface area contributed by atoms with Gasteiger partial charge in [0.15, 0.2) is 12.8 Å². The number of aliphatic carboxylic acids is 1. The van der Waals surface area contributed by atoms with Gasteiger partial charge in [-0.25, -0.2) is 4.98 Å². The van der Waals surface area contributed by atoms with Crippen molar-refractivity contribution in [1.29, 1.82) is 0 Å². The van der Waals surface area contributed by atoms with Crippen molar-refractivity contribution in [3.05, 3.63) is 134 Å². The van der Waals surface area contributed by atoms with Crippen LogP contribution in [0.2, 0.25) is 0 Å². The van der Waals surface area contributed by atoms with E-state index in [0.717, 1.165) is 83.6 Å². The Morgan fingerprint density at radius 2 is 0.971 bits per heavy atom. The van der Waals surface area contributed by atoms with Crippen molar-refractivity contribution in [2.24, 2.45) is 5.73 Å². The van der Waals surface area contributed by atoms with Crippen molar-refractivity contribution < 1.29 is 109 Å². The molecule has 103 heavy (non-hydrogen) atoms. The number of nitrogens with two attached hydrogens (primary N) is 1. The minimum absolute atomic E-state index is 0.0412. The van der Waals surface area contributed by atoms with Gasteiger partial charge in [0.25, 0.3) is 7.82 Å². The van der Waals surface area contributed by atoms with E-state index in [2.05, 4.69) is 32.0 Å². The number of carboxylic acids is 1. The van der Waals surface area contributed by atoms with Crippen LogP contribution < -0.4 is 29.1 Å². The maximum atomic E-state index is 13.1. The molecule has 1 heterocycles. The molecule has 1 aromatic heterocycles. The molecule has 4 unspecified atom stereocenters. The molecule has 31 heteroatoms. The van der Waals surface area contributed by atoms with Crippen LogP contribution in [-0.4, -0.2) is 116 Å². The molecule has 3 aromatic carbocycles. The summed E-state index contributed by atoms with van der Waals surface area (Å²) >= 11 is 0. The highest BCUT2D eigenvalue weighted by Crippen LogP contribution is 2.60. The smallest absolute Gasteiger partial charge is 0.647 e. The van der Waals surface area contributed by atoms with E-state index < -0.39 is 68.3 Å². The lowest BCUT2D eigenvalue weighted by molar-refractivity contribution is -0.858. The fraction of sp³-hybridized carbons (Fsp3) is 0.639. The first kappa shape index (κ1) is 96.5. The van der Waals surface area contributed by atoms with E-state index in [1.807, 2.05) is 32.3 Å². The third-order valence-electron chi connectivity index (χ3n) is 15.6. The van der Waals surface area contributed by atoms with Crippen molar-refractivity contribution in [3.8, 4) is 17.2 Å². The number of hydrogen-bond acceptors (Lipinski definition) is 18. The molecule has 0 aliphatic rings. The van der Waals surface area contributed by atoms with Gasteiger partial charge in [-0.3, -0.25) is 23.1 Å². The average molecular weight is 1550 g/mol. The predicted octanol–water partition coefficient (Wildman–Crippen LogP) is 16.6. The first-order valence-corrected chi connectivity index (χ1v) is 45.1. The number of unbranched alkanes of at least 4 members (excludes halogenated alkanes) is 24. The Kier molecular flexibility index (Phi) is 54.9. The number of nitrogens with one attached hydrogen (secondary N) is 1. The van der Waals surface area contributed by atoms with Gasteiger partial charge in [0, 0.05) is 51.0 Å². The summed E-state index contributed by atoms with van der Waals surface area (Å²) in [7, 11) is -17.1. The van der Waals surface area contributed by atoms with Gasteiger partial charge in [-0.15, -0.1) is 0 Å². The number of para-hydroxylation sites is 3. The van der Waals surface area contributed by atoms with Crippen LogP contribution in [0.25, 0.3) is 0 Å². The van der Waals surface area contributed by atoms with Crippen molar-refractivity contribution in [3.63, 3.8) is 0 Å². The molecule has 0 fully saturated rings. The molecule has 4 atom stereocenters. The number of benzene rings is 3. The van der Waals surface area contributed by atoms with E-state index in [9.17, 15) is 32.5 Å². The number of rotatable bonds is 59. The topological polar surface area (TPSA) is 378 Å². The lowest BCUT2D eigenvalue weighted by Gasteiger charge is -2.25. The van der Waals surface area contributed by atoms with E-state index in [1.54, 1.807) is 72.8 Å². The lowest BCUT2D eigenvalue weighted by atomic mass is 10.0. The van der Waals surface area contributed by atoms with E-state index in [4.69, 9.17) is 77.5 Å². The van der Waals surface area contributed by atoms with Gasteiger partial charge >= 0.3 is 29.0 Å². The number of phosphoric ester groups is 2. The highest BCUT2D eigenvalue weighted by atomic mass is 31.2. The van der Waals surface area contributed by atoms with Crippen LogP contribution in [0.1, 0.15) is 219 Å². The zero-order chi connectivity index (χ0) is 76.5. The van der Waals surface area contributed by atoms with Crippen molar-refractivity contribution in [2.75, 3.05) is 53.3 Å². The fourth-order valence-corrected chi connectivity index (χ4v) is 14.9.